The molecule has 0 spiro atoms. The van der Waals surface area contributed by atoms with Gasteiger partial charge in [0.15, 0.2) is 0 Å². The molecule has 2 heterocycles. The van der Waals surface area contributed by atoms with E-state index in [2.05, 4.69) is 5.32 Å². The smallest absolute Gasteiger partial charge is 0.246 e. The van der Waals surface area contributed by atoms with Crippen LogP contribution in [-0.4, -0.2) is 24.9 Å². The molecule has 4 nitrogen and oxygen atoms in total. The molecule has 0 bridgehead atoms. The zero-order valence-electron chi connectivity index (χ0n) is 12.0. The van der Waals surface area contributed by atoms with Crippen molar-refractivity contribution in [1.82, 2.24) is 5.32 Å². The summed E-state index contributed by atoms with van der Waals surface area (Å²) in [6.07, 6.45) is 4.06. The zero-order chi connectivity index (χ0) is 15.4. The van der Waals surface area contributed by atoms with E-state index in [1.54, 1.807) is 22.3 Å². The molecule has 0 saturated heterocycles. The van der Waals surface area contributed by atoms with Crippen LogP contribution in [0.3, 0.4) is 0 Å². The van der Waals surface area contributed by atoms with Gasteiger partial charge in [0.25, 0.3) is 0 Å². The number of nitrogens with one attached hydrogen (secondary N) is 1. The van der Waals surface area contributed by atoms with Crippen LogP contribution in [0.2, 0.25) is 0 Å². The number of fused-ring (bicyclic) bond motifs is 1. The highest BCUT2D eigenvalue weighted by molar-refractivity contribution is 7.08. The molecule has 5 heteroatoms. The van der Waals surface area contributed by atoms with Gasteiger partial charge >= 0.3 is 0 Å². The number of carbonyl (C=O) groups is 2. The Kier molecular flexibility index (Phi) is 4.34. The van der Waals surface area contributed by atoms with Crippen LogP contribution in [0.25, 0.3) is 6.08 Å². The number of benzene rings is 1. The minimum atomic E-state index is -0.257. The van der Waals surface area contributed by atoms with E-state index < -0.39 is 0 Å². The maximum Gasteiger partial charge on any atom is 0.246 e. The number of thiophene rings is 1. The lowest BCUT2D eigenvalue weighted by Gasteiger charge is -2.17. The lowest BCUT2D eigenvalue weighted by atomic mass is 10.2. The predicted molar refractivity (Wildman–Crippen MR) is 88.9 cm³/mol. The predicted octanol–water partition coefficient (Wildman–Crippen LogP) is 2.47. The molecule has 0 atom stereocenters. The first-order valence-electron chi connectivity index (χ1n) is 7.10. The number of nitrogens with zero attached hydrogens (tertiary/aromatic N) is 1. The van der Waals surface area contributed by atoms with E-state index in [0.717, 1.165) is 17.7 Å². The molecule has 1 aromatic heterocycles. The van der Waals surface area contributed by atoms with Crippen molar-refractivity contribution in [2.24, 2.45) is 0 Å². The van der Waals surface area contributed by atoms with Crippen molar-refractivity contribution in [3.8, 4) is 0 Å². The third kappa shape index (κ3) is 3.26. The minimum Gasteiger partial charge on any atom is -0.343 e. The highest BCUT2D eigenvalue weighted by atomic mass is 32.1. The van der Waals surface area contributed by atoms with Crippen molar-refractivity contribution in [2.75, 3.05) is 18.0 Å². The SMILES string of the molecule is O=C(/C=C/c1ccsc1)NCC(=O)N1CCc2ccccc21. The molecule has 1 aliphatic rings. The maximum absolute atomic E-state index is 12.2. The first kappa shape index (κ1) is 14.5. The van der Waals surface area contributed by atoms with Crippen molar-refractivity contribution in [3.05, 3.63) is 58.3 Å². The Morgan fingerprint density at radius 2 is 2.14 bits per heavy atom. The molecule has 2 amide bonds. The van der Waals surface area contributed by atoms with Gasteiger partial charge in [-0.15, -0.1) is 0 Å². The molecule has 0 aliphatic carbocycles. The number of para-hydroxylation sites is 1. The summed E-state index contributed by atoms with van der Waals surface area (Å²) < 4.78 is 0. The fraction of sp³-hybridized carbons (Fsp3) is 0.176. The van der Waals surface area contributed by atoms with Crippen LogP contribution in [0, 0.1) is 0 Å². The summed E-state index contributed by atoms with van der Waals surface area (Å²) in [6.45, 7) is 0.694. The van der Waals surface area contributed by atoms with Gasteiger partial charge in [0.05, 0.1) is 6.54 Å². The number of amides is 2. The topological polar surface area (TPSA) is 49.4 Å². The second-order valence-corrected chi connectivity index (χ2v) is 5.81. The monoisotopic (exact) mass is 312 g/mol. The standard InChI is InChI=1S/C17H16N2O2S/c20-16(6-5-13-8-10-22-12-13)18-11-17(21)19-9-7-14-3-1-2-4-15(14)19/h1-6,8,10,12H,7,9,11H2,(H,18,20)/b6-5+. The largest absolute Gasteiger partial charge is 0.343 e. The average molecular weight is 312 g/mol. The van der Waals surface area contributed by atoms with Crippen LogP contribution in [0.15, 0.2) is 47.2 Å². The van der Waals surface area contributed by atoms with Crippen LogP contribution < -0.4 is 10.2 Å². The molecule has 0 fully saturated rings. The lowest BCUT2D eigenvalue weighted by molar-refractivity contribution is -0.122. The lowest BCUT2D eigenvalue weighted by Crippen LogP contribution is -2.38. The molecule has 0 radical (unpaired) electrons. The molecule has 1 N–H and O–H groups in total. The van der Waals surface area contributed by atoms with Crippen molar-refractivity contribution >= 4 is 34.9 Å². The quantitative estimate of drug-likeness (QED) is 0.882. The third-order valence-electron chi connectivity index (χ3n) is 3.57. The van der Waals surface area contributed by atoms with Gasteiger partial charge in [-0.1, -0.05) is 18.2 Å². The molecule has 22 heavy (non-hydrogen) atoms. The van der Waals surface area contributed by atoms with Gasteiger partial charge in [-0.25, -0.2) is 0 Å². The van der Waals surface area contributed by atoms with Gasteiger partial charge in [0, 0.05) is 18.3 Å². The molecule has 3 rings (SSSR count). The van der Waals surface area contributed by atoms with E-state index in [0.29, 0.717) is 6.54 Å². The van der Waals surface area contributed by atoms with Gasteiger partial charge in [0.2, 0.25) is 11.8 Å². The van der Waals surface area contributed by atoms with Crippen LogP contribution in [0.4, 0.5) is 5.69 Å². The molecule has 0 unspecified atom stereocenters. The summed E-state index contributed by atoms with van der Waals surface area (Å²) in [4.78, 5) is 25.7. The molecule has 2 aromatic rings. The molecule has 1 aliphatic heterocycles. The van der Waals surface area contributed by atoms with Crippen molar-refractivity contribution in [3.63, 3.8) is 0 Å². The summed E-state index contributed by atoms with van der Waals surface area (Å²) in [7, 11) is 0. The summed E-state index contributed by atoms with van der Waals surface area (Å²) in [5, 5.41) is 6.54. The Hall–Kier alpha value is -2.40. The molecule has 1 aromatic carbocycles. The van der Waals surface area contributed by atoms with Crippen LogP contribution in [-0.2, 0) is 16.0 Å². The van der Waals surface area contributed by atoms with E-state index >= 15 is 0 Å². The van der Waals surface area contributed by atoms with E-state index in [4.69, 9.17) is 0 Å². The van der Waals surface area contributed by atoms with E-state index in [-0.39, 0.29) is 18.4 Å². The average Bonchev–Trinajstić information content (AvgIpc) is 3.19. The number of hydrogen-bond donors (Lipinski definition) is 1. The second kappa shape index (κ2) is 6.58. The first-order valence-corrected chi connectivity index (χ1v) is 8.05. The fourth-order valence-electron chi connectivity index (χ4n) is 2.46. The summed E-state index contributed by atoms with van der Waals surface area (Å²) in [5.74, 6) is -0.339. The molecule has 112 valence electrons. The normalized spacial score (nSPS) is 13.4. The second-order valence-electron chi connectivity index (χ2n) is 5.03. The highest BCUT2D eigenvalue weighted by Gasteiger charge is 2.23. The minimum absolute atomic E-state index is 0.0150. The van der Waals surface area contributed by atoms with E-state index in [9.17, 15) is 9.59 Å². The summed E-state index contributed by atoms with van der Waals surface area (Å²) in [5.41, 5.74) is 3.12. The zero-order valence-corrected chi connectivity index (χ0v) is 12.8. The van der Waals surface area contributed by atoms with Gasteiger partial charge < -0.3 is 10.2 Å². The van der Waals surface area contributed by atoms with Crippen LogP contribution in [0.5, 0.6) is 0 Å². The Balaban J connectivity index is 1.54. The Labute approximate surface area is 133 Å². The van der Waals surface area contributed by atoms with E-state index in [1.165, 1.54) is 11.6 Å². The summed E-state index contributed by atoms with van der Waals surface area (Å²) >= 11 is 1.58. The Morgan fingerprint density at radius 3 is 2.95 bits per heavy atom. The van der Waals surface area contributed by atoms with Crippen LogP contribution in [0.1, 0.15) is 11.1 Å². The Bertz CT molecular complexity index is 707. The van der Waals surface area contributed by atoms with Gasteiger partial charge in [-0.2, -0.15) is 11.3 Å². The third-order valence-corrected chi connectivity index (χ3v) is 4.27. The van der Waals surface area contributed by atoms with Crippen molar-refractivity contribution < 1.29 is 9.59 Å². The Morgan fingerprint density at radius 1 is 1.27 bits per heavy atom. The number of rotatable bonds is 4. The first-order chi connectivity index (χ1) is 10.7. The van der Waals surface area contributed by atoms with Crippen LogP contribution >= 0.6 is 11.3 Å². The van der Waals surface area contributed by atoms with E-state index in [1.807, 2.05) is 41.1 Å². The summed E-state index contributed by atoms with van der Waals surface area (Å²) in [6, 6.07) is 9.81. The number of anilines is 1. The molecule has 0 saturated carbocycles. The van der Waals surface area contributed by atoms with Gasteiger partial charge in [0.1, 0.15) is 0 Å². The van der Waals surface area contributed by atoms with Crippen molar-refractivity contribution in [2.45, 2.75) is 6.42 Å². The molecular weight excluding hydrogens is 296 g/mol. The van der Waals surface area contributed by atoms with Gasteiger partial charge in [-0.05, 0) is 46.5 Å². The highest BCUT2D eigenvalue weighted by Crippen LogP contribution is 2.27. The number of carbonyl (C=O) groups excluding carboxylic acids is 2. The molecular formula is C17H16N2O2S. The van der Waals surface area contributed by atoms with Gasteiger partial charge in [-0.3, -0.25) is 9.59 Å². The number of hydrogen-bond acceptors (Lipinski definition) is 3. The maximum atomic E-state index is 12.2. The van der Waals surface area contributed by atoms with Crippen molar-refractivity contribution in [1.29, 1.82) is 0 Å². The fourth-order valence-corrected chi connectivity index (χ4v) is 3.08.